The van der Waals surface area contributed by atoms with Crippen molar-refractivity contribution in [2.45, 2.75) is 45.6 Å². The molecule has 0 aromatic carbocycles. The molecule has 1 saturated heterocycles. The van der Waals surface area contributed by atoms with Gasteiger partial charge in [-0.1, -0.05) is 13.8 Å². The highest BCUT2D eigenvalue weighted by atomic mass is 16.3. The van der Waals surface area contributed by atoms with Gasteiger partial charge in [0, 0.05) is 18.4 Å². The standard InChI is InChI=1S/C13H19NO2/c1-9(2)13(7-6-12(15)14-13)8-11-5-4-10(3)16-11/h4-5,9H,6-8H2,1-3H3,(H,14,15). The lowest BCUT2D eigenvalue weighted by Gasteiger charge is -2.32. The summed E-state index contributed by atoms with van der Waals surface area (Å²) in [6.07, 6.45) is 2.34. The minimum atomic E-state index is -0.110. The highest BCUT2D eigenvalue weighted by Gasteiger charge is 2.41. The lowest BCUT2D eigenvalue weighted by atomic mass is 9.81. The summed E-state index contributed by atoms with van der Waals surface area (Å²) in [4.78, 5) is 11.4. The van der Waals surface area contributed by atoms with Crippen LogP contribution in [0.25, 0.3) is 0 Å². The van der Waals surface area contributed by atoms with E-state index < -0.39 is 0 Å². The molecule has 1 aromatic heterocycles. The lowest BCUT2D eigenvalue weighted by Crippen LogP contribution is -2.48. The Morgan fingerprint density at radius 2 is 2.25 bits per heavy atom. The maximum absolute atomic E-state index is 11.4. The van der Waals surface area contributed by atoms with Crippen LogP contribution >= 0.6 is 0 Å². The first-order valence-corrected chi connectivity index (χ1v) is 5.88. The summed E-state index contributed by atoms with van der Waals surface area (Å²) >= 11 is 0. The van der Waals surface area contributed by atoms with E-state index in [0.29, 0.717) is 12.3 Å². The molecule has 1 unspecified atom stereocenters. The third kappa shape index (κ3) is 1.99. The topological polar surface area (TPSA) is 42.2 Å². The molecule has 1 amide bonds. The maximum atomic E-state index is 11.4. The number of rotatable bonds is 3. The fourth-order valence-electron chi connectivity index (χ4n) is 2.40. The number of carbonyl (C=O) groups excluding carboxylic acids is 1. The summed E-state index contributed by atoms with van der Waals surface area (Å²) in [7, 11) is 0. The van der Waals surface area contributed by atoms with Crippen LogP contribution in [0.4, 0.5) is 0 Å². The molecule has 1 aliphatic rings. The van der Waals surface area contributed by atoms with Gasteiger partial charge in [0.1, 0.15) is 11.5 Å². The highest BCUT2D eigenvalue weighted by molar-refractivity contribution is 5.79. The molecule has 0 saturated carbocycles. The van der Waals surface area contributed by atoms with Crippen molar-refractivity contribution in [1.29, 1.82) is 0 Å². The van der Waals surface area contributed by atoms with Crippen LogP contribution in [-0.2, 0) is 11.2 Å². The average Bonchev–Trinajstić information content (AvgIpc) is 2.75. The lowest BCUT2D eigenvalue weighted by molar-refractivity contribution is -0.120. The average molecular weight is 221 g/mol. The SMILES string of the molecule is Cc1ccc(CC2(C(C)C)CCC(=O)N2)o1. The summed E-state index contributed by atoms with van der Waals surface area (Å²) in [6, 6.07) is 3.98. The Labute approximate surface area is 96.2 Å². The predicted molar refractivity (Wildman–Crippen MR) is 62.1 cm³/mol. The third-order valence-electron chi connectivity index (χ3n) is 3.58. The Kier molecular flexibility index (Phi) is 2.78. The molecule has 0 spiro atoms. The molecule has 3 nitrogen and oxygen atoms in total. The fourth-order valence-corrected chi connectivity index (χ4v) is 2.40. The monoisotopic (exact) mass is 221 g/mol. The fraction of sp³-hybridized carbons (Fsp3) is 0.615. The third-order valence-corrected chi connectivity index (χ3v) is 3.58. The van der Waals surface area contributed by atoms with E-state index in [2.05, 4.69) is 19.2 Å². The van der Waals surface area contributed by atoms with Gasteiger partial charge in [0.25, 0.3) is 0 Å². The number of amides is 1. The summed E-state index contributed by atoms with van der Waals surface area (Å²) in [6.45, 7) is 6.25. The van der Waals surface area contributed by atoms with Gasteiger partial charge < -0.3 is 9.73 Å². The zero-order valence-electron chi connectivity index (χ0n) is 10.2. The number of carbonyl (C=O) groups is 1. The minimum absolute atomic E-state index is 0.110. The van der Waals surface area contributed by atoms with Crippen molar-refractivity contribution in [2.75, 3.05) is 0 Å². The Morgan fingerprint density at radius 3 is 2.69 bits per heavy atom. The molecule has 0 radical (unpaired) electrons. The zero-order valence-corrected chi connectivity index (χ0v) is 10.2. The van der Waals surface area contributed by atoms with Crippen LogP contribution in [0.5, 0.6) is 0 Å². The molecule has 88 valence electrons. The second-order valence-electron chi connectivity index (χ2n) is 5.05. The number of hydrogen-bond acceptors (Lipinski definition) is 2. The first kappa shape index (κ1) is 11.2. The van der Waals surface area contributed by atoms with Crippen LogP contribution < -0.4 is 5.32 Å². The van der Waals surface area contributed by atoms with E-state index in [4.69, 9.17) is 4.42 Å². The molecular weight excluding hydrogens is 202 g/mol. The molecule has 16 heavy (non-hydrogen) atoms. The first-order chi connectivity index (χ1) is 7.52. The Hall–Kier alpha value is -1.25. The van der Waals surface area contributed by atoms with Crippen LogP contribution in [0.3, 0.4) is 0 Å². The maximum Gasteiger partial charge on any atom is 0.220 e. The second kappa shape index (κ2) is 3.96. The molecule has 1 N–H and O–H groups in total. The molecule has 2 heterocycles. The number of aryl methyl sites for hydroxylation is 1. The predicted octanol–water partition coefficient (Wildman–Crippen LogP) is 2.44. The molecule has 0 bridgehead atoms. The minimum Gasteiger partial charge on any atom is -0.466 e. The van der Waals surface area contributed by atoms with Crippen molar-refractivity contribution in [3.63, 3.8) is 0 Å². The van der Waals surface area contributed by atoms with E-state index >= 15 is 0 Å². The summed E-state index contributed by atoms with van der Waals surface area (Å²) in [5.41, 5.74) is -0.110. The van der Waals surface area contributed by atoms with Gasteiger partial charge >= 0.3 is 0 Å². The van der Waals surface area contributed by atoms with Crippen LogP contribution in [-0.4, -0.2) is 11.4 Å². The Bertz CT molecular complexity index is 394. The molecule has 1 aromatic rings. The van der Waals surface area contributed by atoms with Crippen LogP contribution in [0.15, 0.2) is 16.5 Å². The molecule has 3 heteroatoms. The summed E-state index contributed by atoms with van der Waals surface area (Å²) in [5.74, 6) is 2.48. The van der Waals surface area contributed by atoms with Crippen molar-refractivity contribution >= 4 is 5.91 Å². The van der Waals surface area contributed by atoms with Gasteiger partial charge in [0.15, 0.2) is 0 Å². The van der Waals surface area contributed by atoms with Crippen LogP contribution in [0.1, 0.15) is 38.2 Å². The van der Waals surface area contributed by atoms with Gasteiger partial charge in [0.2, 0.25) is 5.91 Å². The number of nitrogens with one attached hydrogen (secondary N) is 1. The van der Waals surface area contributed by atoms with Gasteiger partial charge in [-0.15, -0.1) is 0 Å². The number of furan rings is 1. The van der Waals surface area contributed by atoms with Crippen molar-refractivity contribution in [1.82, 2.24) is 5.32 Å². The highest BCUT2D eigenvalue weighted by Crippen LogP contribution is 2.32. The van der Waals surface area contributed by atoms with E-state index in [1.165, 1.54) is 0 Å². The summed E-state index contributed by atoms with van der Waals surface area (Å²) in [5, 5.41) is 3.13. The van der Waals surface area contributed by atoms with Crippen LogP contribution in [0, 0.1) is 12.8 Å². The van der Waals surface area contributed by atoms with E-state index in [1.54, 1.807) is 0 Å². The van der Waals surface area contributed by atoms with Gasteiger partial charge in [0.05, 0.1) is 0 Å². The normalized spacial score (nSPS) is 25.1. The molecular formula is C13H19NO2. The smallest absolute Gasteiger partial charge is 0.220 e. The molecule has 1 aliphatic heterocycles. The molecule has 1 atom stereocenters. The van der Waals surface area contributed by atoms with Crippen molar-refractivity contribution in [2.24, 2.45) is 5.92 Å². The van der Waals surface area contributed by atoms with E-state index in [9.17, 15) is 4.79 Å². The molecule has 1 fully saturated rings. The van der Waals surface area contributed by atoms with E-state index in [-0.39, 0.29) is 11.4 Å². The van der Waals surface area contributed by atoms with Gasteiger partial charge in [-0.25, -0.2) is 0 Å². The van der Waals surface area contributed by atoms with Crippen LogP contribution in [0.2, 0.25) is 0 Å². The largest absolute Gasteiger partial charge is 0.466 e. The van der Waals surface area contributed by atoms with E-state index in [1.807, 2.05) is 19.1 Å². The van der Waals surface area contributed by atoms with Gasteiger partial charge in [-0.2, -0.15) is 0 Å². The van der Waals surface area contributed by atoms with Gasteiger partial charge in [-0.3, -0.25) is 4.79 Å². The zero-order chi connectivity index (χ0) is 11.8. The van der Waals surface area contributed by atoms with Gasteiger partial charge in [-0.05, 0) is 31.4 Å². The molecule has 0 aliphatic carbocycles. The summed E-state index contributed by atoms with van der Waals surface area (Å²) < 4.78 is 5.60. The van der Waals surface area contributed by atoms with E-state index in [0.717, 1.165) is 24.4 Å². The Balaban J connectivity index is 2.18. The van der Waals surface area contributed by atoms with Crippen molar-refractivity contribution in [3.8, 4) is 0 Å². The molecule has 2 rings (SSSR count). The quantitative estimate of drug-likeness (QED) is 0.851. The second-order valence-corrected chi connectivity index (χ2v) is 5.05. The van der Waals surface area contributed by atoms with Crippen molar-refractivity contribution < 1.29 is 9.21 Å². The first-order valence-electron chi connectivity index (χ1n) is 5.88. The number of hydrogen-bond donors (Lipinski definition) is 1. The Morgan fingerprint density at radius 1 is 1.50 bits per heavy atom. The van der Waals surface area contributed by atoms with Crippen molar-refractivity contribution in [3.05, 3.63) is 23.7 Å².